The summed E-state index contributed by atoms with van der Waals surface area (Å²) in [6, 6.07) is 2.85. The van der Waals surface area contributed by atoms with Crippen LogP contribution in [0.1, 0.15) is 31.1 Å². The highest BCUT2D eigenvalue weighted by atomic mass is 79.9. The Morgan fingerprint density at radius 3 is 2.87 bits per heavy atom. The second kappa shape index (κ2) is 5.46. The summed E-state index contributed by atoms with van der Waals surface area (Å²) in [6.45, 7) is 3.29. The lowest BCUT2D eigenvalue weighted by atomic mass is 9.78. The van der Waals surface area contributed by atoms with Gasteiger partial charge >= 0.3 is 0 Å². The van der Waals surface area contributed by atoms with Crippen LogP contribution in [0.5, 0.6) is 0 Å². The van der Waals surface area contributed by atoms with Crippen LogP contribution in [0.4, 0.5) is 0 Å². The Morgan fingerprint density at radius 1 is 1.60 bits per heavy atom. The normalized spacial score (nSPS) is 18.8. The van der Waals surface area contributed by atoms with Gasteiger partial charge in [0.25, 0.3) is 0 Å². The predicted octanol–water partition coefficient (Wildman–Crippen LogP) is 3.83. The highest BCUT2D eigenvalue weighted by Gasteiger charge is 2.27. The molecule has 2 rings (SSSR count). The monoisotopic (exact) mass is 287 g/mol. The van der Waals surface area contributed by atoms with Gasteiger partial charge in [-0.25, -0.2) is 0 Å². The van der Waals surface area contributed by atoms with Gasteiger partial charge in [-0.2, -0.15) is 0 Å². The Bertz CT molecular complexity index is 306. The largest absolute Gasteiger partial charge is 0.314 e. The minimum Gasteiger partial charge on any atom is -0.314 e. The minimum atomic E-state index is 0.693. The van der Waals surface area contributed by atoms with Crippen LogP contribution in [-0.4, -0.2) is 12.6 Å². The molecule has 84 valence electrons. The van der Waals surface area contributed by atoms with Crippen LogP contribution in [0.2, 0.25) is 0 Å². The Balaban J connectivity index is 1.96. The number of rotatable bonds is 5. The van der Waals surface area contributed by atoms with E-state index in [1.54, 1.807) is 0 Å². The zero-order valence-corrected chi connectivity index (χ0v) is 11.5. The summed E-state index contributed by atoms with van der Waals surface area (Å²) in [7, 11) is 0. The van der Waals surface area contributed by atoms with Crippen LogP contribution in [0.15, 0.2) is 15.9 Å². The van der Waals surface area contributed by atoms with Gasteiger partial charge in [-0.05, 0) is 59.1 Å². The van der Waals surface area contributed by atoms with E-state index in [-0.39, 0.29) is 0 Å². The Morgan fingerprint density at radius 2 is 2.40 bits per heavy atom. The van der Waals surface area contributed by atoms with Gasteiger partial charge in [0, 0.05) is 15.4 Å². The summed E-state index contributed by atoms with van der Waals surface area (Å²) in [5, 5.41) is 5.81. The highest BCUT2D eigenvalue weighted by Crippen LogP contribution is 2.33. The third-order valence-electron chi connectivity index (χ3n) is 3.28. The van der Waals surface area contributed by atoms with Gasteiger partial charge in [-0.3, -0.25) is 0 Å². The van der Waals surface area contributed by atoms with Crippen LogP contribution < -0.4 is 5.32 Å². The lowest BCUT2D eigenvalue weighted by molar-refractivity contribution is 0.230. The Hall–Kier alpha value is 0.140. The molecule has 0 radical (unpaired) electrons. The van der Waals surface area contributed by atoms with E-state index in [4.69, 9.17) is 0 Å². The maximum atomic E-state index is 3.64. The fraction of sp³-hybridized carbons (Fsp3) is 0.667. The SMILES string of the molecule is CCNC(Cc1sccc1Br)C1CCC1. The molecule has 1 aliphatic rings. The average Bonchev–Trinajstić information content (AvgIpc) is 2.49. The molecule has 1 aromatic rings. The molecule has 0 amide bonds. The summed E-state index contributed by atoms with van der Waals surface area (Å²) in [5.74, 6) is 0.916. The van der Waals surface area contributed by atoms with Crippen molar-refractivity contribution in [1.82, 2.24) is 5.32 Å². The van der Waals surface area contributed by atoms with Gasteiger partial charge in [-0.15, -0.1) is 11.3 Å². The van der Waals surface area contributed by atoms with Crippen molar-refractivity contribution < 1.29 is 0 Å². The van der Waals surface area contributed by atoms with Crippen molar-refractivity contribution in [2.75, 3.05) is 6.54 Å². The van der Waals surface area contributed by atoms with Crippen LogP contribution >= 0.6 is 27.3 Å². The summed E-state index contributed by atoms with van der Waals surface area (Å²) < 4.78 is 1.29. The average molecular weight is 288 g/mol. The number of thiophene rings is 1. The number of nitrogens with one attached hydrogen (secondary N) is 1. The van der Waals surface area contributed by atoms with Gasteiger partial charge in [0.05, 0.1) is 0 Å². The fourth-order valence-electron chi connectivity index (χ4n) is 2.18. The second-order valence-corrected chi connectivity index (χ2v) is 6.11. The van der Waals surface area contributed by atoms with Crippen molar-refractivity contribution in [2.45, 2.75) is 38.6 Å². The van der Waals surface area contributed by atoms with Gasteiger partial charge in [0.2, 0.25) is 0 Å². The second-order valence-electron chi connectivity index (χ2n) is 4.25. The van der Waals surface area contributed by atoms with Crippen molar-refractivity contribution in [3.63, 3.8) is 0 Å². The molecule has 1 atom stereocenters. The standard InChI is InChI=1S/C12H18BrNS/c1-2-14-11(9-4-3-5-9)8-12-10(13)6-7-15-12/h6-7,9,11,14H,2-5,8H2,1H3. The maximum Gasteiger partial charge on any atom is 0.0314 e. The van der Waals surface area contributed by atoms with E-state index in [0.717, 1.165) is 12.5 Å². The Kier molecular flexibility index (Phi) is 4.23. The Labute approximate surface area is 104 Å². The molecule has 15 heavy (non-hydrogen) atoms. The zero-order chi connectivity index (χ0) is 10.7. The molecule has 1 aromatic heterocycles. The van der Waals surface area contributed by atoms with E-state index in [1.807, 2.05) is 11.3 Å². The van der Waals surface area contributed by atoms with Crippen molar-refractivity contribution >= 4 is 27.3 Å². The predicted molar refractivity (Wildman–Crippen MR) is 70.5 cm³/mol. The highest BCUT2D eigenvalue weighted by molar-refractivity contribution is 9.10. The molecular formula is C12H18BrNS. The number of hydrogen-bond acceptors (Lipinski definition) is 2. The summed E-state index contributed by atoms with van der Waals surface area (Å²) in [6.07, 6.45) is 5.45. The van der Waals surface area contributed by atoms with E-state index in [9.17, 15) is 0 Å². The minimum absolute atomic E-state index is 0.693. The van der Waals surface area contributed by atoms with E-state index >= 15 is 0 Å². The molecule has 0 aliphatic heterocycles. The molecule has 1 nitrogen and oxygen atoms in total. The first kappa shape index (κ1) is 11.6. The number of halogens is 1. The van der Waals surface area contributed by atoms with Crippen LogP contribution in [0.3, 0.4) is 0 Å². The lowest BCUT2D eigenvalue weighted by Crippen LogP contribution is -2.40. The molecule has 0 spiro atoms. The maximum absolute atomic E-state index is 3.64. The van der Waals surface area contributed by atoms with E-state index in [1.165, 1.54) is 35.0 Å². The van der Waals surface area contributed by atoms with Gasteiger partial charge in [0.15, 0.2) is 0 Å². The molecule has 1 saturated carbocycles. The first-order chi connectivity index (χ1) is 7.31. The first-order valence-electron chi connectivity index (χ1n) is 5.76. The quantitative estimate of drug-likeness (QED) is 0.868. The van der Waals surface area contributed by atoms with Gasteiger partial charge in [0.1, 0.15) is 0 Å². The molecule has 0 bridgehead atoms. The van der Waals surface area contributed by atoms with Crippen molar-refractivity contribution in [1.29, 1.82) is 0 Å². The smallest absolute Gasteiger partial charge is 0.0314 e. The van der Waals surface area contributed by atoms with Crippen molar-refractivity contribution in [3.05, 3.63) is 20.8 Å². The van der Waals surface area contributed by atoms with E-state index < -0.39 is 0 Å². The molecule has 1 unspecified atom stereocenters. The third kappa shape index (κ3) is 2.83. The molecular weight excluding hydrogens is 270 g/mol. The van der Waals surface area contributed by atoms with Crippen molar-refractivity contribution in [3.8, 4) is 0 Å². The van der Waals surface area contributed by atoms with Crippen molar-refractivity contribution in [2.24, 2.45) is 5.92 Å². The van der Waals surface area contributed by atoms with Gasteiger partial charge < -0.3 is 5.32 Å². The zero-order valence-electron chi connectivity index (χ0n) is 9.13. The molecule has 3 heteroatoms. The molecule has 1 aliphatic carbocycles. The number of likely N-dealkylation sites (N-methyl/N-ethyl adjacent to an activating group) is 1. The van der Waals surface area contributed by atoms with Crippen LogP contribution in [-0.2, 0) is 6.42 Å². The number of hydrogen-bond donors (Lipinski definition) is 1. The molecule has 1 fully saturated rings. The third-order valence-corrected chi connectivity index (χ3v) is 5.23. The molecule has 0 saturated heterocycles. The van der Waals surface area contributed by atoms with Gasteiger partial charge in [-0.1, -0.05) is 13.3 Å². The fourth-order valence-corrected chi connectivity index (χ4v) is 3.75. The summed E-state index contributed by atoms with van der Waals surface area (Å²) >= 11 is 5.49. The lowest BCUT2D eigenvalue weighted by Gasteiger charge is -2.34. The molecule has 1 N–H and O–H groups in total. The summed E-state index contributed by atoms with van der Waals surface area (Å²) in [5.41, 5.74) is 0. The summed E-state index contributed by atoms with van der Waals surface area (Å²) in [4.78, 5) is 1.49. The molecule has 1 heterocycles. The van der Waals surface area contributed by atoms with Crippen LogP contribution in [0.25, 0.3) is 0 Å². The van der Waals surface area contributed by atoms with E-state index in [2.05, 4.69) is 39.6 Å². The first-order valence-corrected chi connectivity index (χ1v) is 7.43. The topological polar surface area (TPSA) is 12.0 Å². The molecule has 0 aromatic carbocycles. The van der Waals surface area contributed by atoms with Crippen LogP contribution in [0, 0.1) is 5.92 Å². The van der Waals surface area contributed by atoms with E-state index in [0.29, 0.717) is 6.04 Å².